The van der Waals surface area contributed by atoms with Gasteiger partial charge in [-0.1, -0.05) is 13.0 Å². The minimum absolute atomic E-state index is 0.444. The first-order chi connectivity index (χ1) is 5.72. The highest BCUT2D eigenvalue weighted by Crippen LogP contribution is 2.07. The molecule has 0 spiro atoms. The van der Waals surface area contributed by atoms with Gasteiger partial charge in [-0.2, -0.15) is 0 Å². The summed E-state index contributed by atoms with van der Waals surface area (Å²) in [6.45, 7) is 4.24. The lowest BCUT2D eigenvalue weighted by Gasteiger charge is -2.11. The number of hydrogen-bond donors (Lipinski definition) is 2. The van der Waals surface area contributed by atoms with Crippen LogP contribution in [0.25, 0.3) is 0 Å². The minimum atomic E-state index is 0.444. The zero-order chi connectivity index (χ0) is 8.97. The Morgan fingerprint density at radius 1 is 1.58 bits per heavy atom. The average molecular weight is 165 g/mol. The maximum atomic E-state index is 5.52. The standard InChI is InChI=1S/C9H15N3/c1-3-7(2)11-9-6-4-5-8(10)12-9/h4-7H,3H2,1-2H3,(H3,10,11,12). The molecule has 1 unspecified atom stereocenters. The van der Waals surface area contributed by atoms with Crippen molar-refractivity contribution in [2.75, 3.05) is 11.1 Å². The van der Waals surface area contributed by atoms with Crippen molar-refractivity contribution in [2.24, 2.45) is 0 Å². The molecule has 0 aromatic carbocycles. The number of rotatable bonds is 3. The van der Waals surface area contributed by atoms with Gasteiger partial charge < -0.3 is 11.1 Å². The van der Waals surface area contributed by atoms with Crippen LogP contribution in [0.2, 0.25) is 0 Å². The highest BCUT2D eigenvalue weighted by molar-refractivity contribution is 5.42. The summed E-state index contributed by atoms with van der Waals surface area (Å²) < 4.78 is 0. The molecule has 3 N–H and O–H groups in total. The van der Waals surface area contributed by atoms with Crippen LogP contribution in [0.3, 0.4) is 0 Å². The van der Waals surface area contributed by atoms with E-state index in [0.717, 1.165) is 12.2 Å². The quantitative estimate of drug-likeness (QED) is 0.719. The number of nitrogens with two attached hydrogens (primary N) is 1. The first-order valence-electron chi connectivity index (χ1n) is 4.21. The Kier molecular flexibility index (Phi) is 2.91. The van der Waals surface area contributed by atoms with E-state index in [1.165, 1.54) is 0 Å². The van der Waals surface area contributed by atoms with Crippen molar-refractivity contribution >= 4 is 11.6 Å². The van der Waals surface area contributed by atoms with E-state index in [1.807, 2.05) is 12.1 Å². The largest absolute Gasteiger partial charge is 0.384 e. The SMILES string of the molecule is CCC(C)Nc1cccc(N)n1. The molecule has 1 aromatic rings. The van der Waals surface area contributed by atoms with Crippen LogP contribution >= 0.6 is 0 Å². The van der Waals surface area contributed by atoms with E-state index < -0.39 is 0 Å². The molecule has 3 nitrogen and oxygen atoms in total. The van der Waals surface area contributed by atoms with E-state index in [4.69, 9.17) is 5.73 Å². The third-order valence-electron chi connectivity index (χ3n) is 1.78. The fraction of sp³-hybridized carbons (Fsp3) is 0.444. The van der Waals surface area contributed by atoms with Crippen molar-refractivity contribution in [1.29, 1.82) is 0 Å². The van der Waals surface area contributed by atoms with Gasteiger partial charge in [0.05, 0.1) is 0 Å². The molecule has 1 heterocycles. The van der Waals surface area contributed by atoms with Crippen LogP contribution in [0.15, 0.2) is 18.2 Å². The van der Waals surface area contributed by atoms with Crippen molar-refractivity contribution in [3.05, 3.63) is 18.2 Å². The van der Waals surface area contributed by atoms with Gasteiger partial charge in [0.15, 0.2) is 0 Å². The van der Waals surface area contributed by atoms with E-state index in [1.54, 1.807) is 6.07 Å². The van der Waals surface area contributed by atoms with E-state index in [2.05, 4.69) is 24.1 Å². The summed E-state index contributed by atoms with van der Waals surface area (Å²) in [4.78, 5) is 4.13. The van der Waals surface area contributed by atoms with Crippen LogP contribution < -0.4 is 11.1 Å². The highest BCUT2D eigenvalue weighted by Gasteiger charge is 1.98. The molecule has 3 heteroatoms. The summed E-state index contributed by atoms with van der Waals surface area (Å²) in [7, 11) is 0. The molecule has 66 valence electrons. The molecule has 1 atom stereocenters. The predicted molar refractivity (Wildman–Crippen MR) is 52.0 cm³/mol. The summed E-state index contributed by atoms with van der Waals surface area (Å²) in [6, 6.07) is 6.04. The van der Waals surface area contributed by atoms with Gasteiger partial charge in [0.25, 0.3) is 0 Å². The zero-order valence-electron chi connectivity index (χ0n) is 7.54. The van der Waals surface area contributed by atoms with Crippen molar-refractivity contribution in [2.45, 2.75) is 26.3 Å². The normalized spacial score (nSPS) is 12.5. The summed E-state index contributed by atoms with van der Waals surface area (Å²) in [6.07, 6.45) is 1.08. The van der Waals surface area contributed by atoms with Crippen LogP contribution in [0.4, 0.5) is 11.6 Å². The summed E-state index contributed by atoms with van der Waals surface area (Å²) in [5.74, 6) is 1.41. The number of nitrogens with zero attached hydrogens (tertiary/aromatic N) is 1. The lowest BCUT2D eigenvalue weighted by molar-refractivity contribution is 0.759. The predicted octanol–water partition coefficient (Wildman–Crippen LogP) is 1.87. The molecule has 0 aliphatic rings. The molecule has 0 aliphatic heterocycles. The van der Waals surface area contributed by atoms with Crippen molar-refractivity contribution in [3.63, 3.8) is 0 Å². The molecule has 0 saturated heterocycles. The first kappa shape index (κ1) is 8.84. The minimum Gasteiger partial charge on any atom is -0.384 e. The number of aromatic nitrogens is 1. The molecule has 1 aromatic heterocycles. The Balaban J connectivity index is 2.63. The molecule has 0 radical (unpaired) electrons. The second kappa shape index (κ2) is 3.95. The first-order valence-corrected chi connectivity index (χ1v) is 4.21. The van der Waals surface area contributed by atoms with Crippen molar-refractivity contribution in [3.8, 4) is 0 Å². The van der Waals surface area contributed by atoms with Crippen LogP contribution in [0, 0.1) is 0 Å². The number of pyridine rings is 1. The zero-order valence-corrected chi connectivity index (χ0v) is 7.54. The molecule has 0 aliphatic carbocycles. The Bertz CT molecular complexity index is 247. The van der Waals surface area contributed by atoms with Gasteiger partial charge in [-0.3, -0.25) is 0 Å². The molecular weight excluding hydrogens is 150 g/mol. The maximum Gasteiger partial charge on any atom is 0.128 e. The number of nitrogens with one attached hydrogen (secondary N) is 1. The third kappa shape index (κ3) is 2.42. The average Bonchev–Trinajstić information content (AvgIpc) is 2.04. The molecular formula is C9H15N3. The molecule has 0 saturated carbocycles. The van der Waals surface area contributed by atoms with E-state index in [9.17, 15) is 0 Å². The summed E-state index contributed by atoms with van der Waals surface area (Å²) in [5.41, 5.74) is 5.52. The van der Waals surface area contributed by atoms with Gasteiger partial charge in [-0.15, -0.1) is 0 Å². The second-order valence-electron chi connectivity index (χ2n) is 2.90. The number of anilines is 2. The summed E-state index contributed by atoms with van der Waals surface area (Å²) >= 11 is 0. The molecule has 0 bridgehead atoms. The van der Waals surface area contributed by atoms with Crippen molar-refractivity contribution < 1.29 is 0 Å². The maximum absolute atomic E-state index is 5.52. The molecule has 0 amide bonds. The number of nitrogen functional groups attached to an aromatic ring is 1. The van der Waals surface area contributed by atoms with E-state index >= 15 is 0 Å². The lowest BCUT2D eigenvalue weighted by atomic mass is 10.2. The third-order valence-corrected chi connectivity index (χ3v) is 1.78. The fourth-order valence-corrected chi connectivity index (χ4v) is 0.886. The van der Waals surface area contributed by atoms with E-state index in [-0.39, 0.29) is 0 Å². The van der Waals surface area contributed by atoms with Gasteiger partial charge in [0, 0.05) is 6.04 Å². The van der Waals surface area contributed by atoms with Crippen LogP contribution in [0.1, 0.15) is 20.3 Å². The van der Waals surface area contributed by atoms with Gasteiger partial charge in [-0.05, 0) is 25.5 Å². The number of hydrogen-bond acceptors (Lipinski definition) is 3. The van der Waals surface area contributed by atoms with Crippen LogP contribution in [-0.4, -0.2) is 11.0 Å². The van der Waals surface area contributed by atoms with Crippen molar-refractivity contribution in [1.82, 2.24) is 4.98 Å². The Hall–Kier alpha value is -1.25. The monoisotopic (exact) mass is 165 g/mol. The van der Waals surface area contributed by atoms with Gasteiger partial charge in [0.2, 0.25) is 0 Å². The molecule has 12 heavy (non-hydrogen) atoms. The Morgan fingerprint density at radius 2 is 2.33 bits per heavy atom. The molecule has 1 rings (SSSR count). The second-order valence-corrected chi connectivity index (χ2v) is 2.90. The fourth-order valence-electron chi connectivity index (χ4n) is 0.886. The van der Waals surface area contributed by atoms with Crippen LogP contribution in [0.5, 0.6) is 0 Å². The Labute approximate surface area is 73.0 Å². The molecule has 0 fully saturated rings. The van der Waals surface area contributed by atoms with E-state index in [0.29, 0.717) is 11.9 Å². The topological polar surface area (TPSA) is 50.9 Å². The van der Waals surface area contributed by atoms with Gasteiger partial charge in [0.1, 0.15) is 11.6 Å². The summed E-state index contributed by atoms with van der Waals surface area (Å²) in [5, 5.41) is 3.24. The van der Waals surface area contributed by atoms with Gasteiger partial charge >= 0.3 is 0 Å². The van der Waals surface area contributed by atoms with Crippen LogP contribution in [-0.2, 0) is 0 Å². The van der Waals surface area contributed by atoms with Gasteiger partial charge in [-0.25, -0.2) is 4.98 Å². The smallest absolute Gasteiger partial charge is 0.128 e. The lowest BCUT2D eigenvalue weighted by Crippen LogP contribution is -2.14. The highest BCUT2D eigenvalue weighted by atomic mass is 15.0. The Morgan fingerprint density at radius 3 is 2.92 bits per heavy atom.